The molecule has 0 aromatic heterocycles. The Morgan fingerprint density at radius 1 is 1.15 bits per heavy atom. The summed E-state index contributed by atoms with van der Waals surface area (Å²) in [6.45, 7) is 5.59. The van der Waals surface area contributed by atoms with Crippen LogP contribution in [0.4, 0.5) is 0 Å². The van der Waals surface area contributed by atoms with Crippen LogP contribution < -0.4 is 5.32 Å². The Kier molecular flexibility index (Phi) is 5.22. The number of benzene rings is 1. The van der Waals surface area contributed by atoms with Crippen molar-refractivity contribution in [1.29, 1.82) is 0 Å². The number of rotatable bonds is 7. The van der Waals surface area contributed by atoms with E-state index in [4.69, 9.17) is 0 Å². The highest BCUT2D eigenvalue weighted by Gasteiger charge is 2.38. The van der Waals surface area contributed by atoms with Crippen LogP contribution in [0.3, 0.4) is 0 Å². The molecule has 2 heteroatoms. The molecule has 0 bridgehead atoms. The third kappa shape index (κ3) is 3.24. The molecule has 112 valence electrons. The fourth-order valence-electron chi connectivity index (χ4n) is 3.16. The second-order valence-electron chi connectivity index (χ2n) is 6.41. The predicted molar refractivity (Wildman–Crippen MR) is 87.1 cm³/mol. The minimum atomic E-state index is 0.400. The van der Waals surface area contributed by atoms with Crippen LogP contribution in [0.15, 0.2) is 24.3 Å². The molecular formula is C18H30N2. The maximum absolute atomic E-state index is 3.81. The summed E-state index contributed by atoms with van der Waals surface area (Å²) in [7, 11) is 4.44. The lowest BCUT2D eigenvalue weighted by Crippen LogP contribution is -2.56. The number of likely N-dealkylation sites (N-methyl/N-ethyl adjacent to an activating group) is 1. The highest BCUT2D eigenvalue weighted by atomic mass is 15.2. The molecule has 1 unspecified atom stereocenters. The van der Waals surface area contributed by atoms with Gasteiger partial charge in [-0.2, -0.15) is 0 Å². The topological polar surface area (TPSA) is 15.3 Å². The zero-order chi connectivity index (χ0) is 14.6. The van der Waals surface area contributed by atoms with Crippen LogP contribution in [-0.4, -0.2) is 31.1 Å². The minimum absolute atomic E-state index is 0.400. The van der Waals surface area contributed by atoms with Gasteiger partial charge in [-0.1, -0.05) is 38.1 Å². The van der Waals surface area contributed by atoms with E-state index in [9.17, 15) is 0 Å². The zero-order valence-electron chi connectivity index (χ0n) is 13.6. The van der Waals surface area contributed by atoms with Crippen molar-refractivity contribution in [1.82, 2.24) is 10.2 Å². The van der Waals surface area contributed by atoms with Crippen molar-refractivity contribution in [2.45, 2.75) is 57.5 Å². The highest BCUT2D eigenvalue weighted by Crippen LogP contribution is 2.36. The van der Waals surface area contributed by atoms with Crippen molar-refractivity contribution in [2.75, 3.05) is 20.6 Å². The van der Waals surface area contributed by atoms with Crippen molar-refractivity contribution >= 4 is 0 Å². The summed E-state index contributed by atoms with van der Waals surface area (Å²) >= 11 is 0. The van der Waals surface area contributed by atoms with E-state index in [0.717, 1.165) is 19.4 Å². The molecule has 1 aliphatic carbocycles. The molecule has 0 aliphatic heterocycles. The molecule has 2 nitrogen and oxygen atoms in total. The Balaban J connectivity index is 1.98. The Hall–Kier alpha value is -0.860. The van der Waals surface area contributed by atoms with Gasteiger partial charge in [-0.05, 0) is 57.3 Å². The lowest BCUT2D eigenvalue weighted by molar-refractivity contribution is 0.0569. The number of nitrogens with one attached hydrogen (secondary N) is 1. The molecule has 0 heterocycles. The number of nitrogens with zero attached hydrogens (tertiary/aromatic N) is 1. The number of aryl methyl sites for hydroxylation is 1. The molecule has 1 aromatic rings. The number of hydrogen-bond acceptors (Lipinski definition) is 2. The largest absolute Gasteiger partial charge is 0.308 e. The molecule has 1 atom stereocenters. The molecule has 1 N–H and O–H groups in total. The van der Waals surface area contributed by atoms with Gasteiger partial charge in [0.25, 0.3) is 0 Å². The summed E-state index contributed by atoms with van der Waals surface area (Å²) in [6, 6.07) is 9.61. The molecule has 1 saturated carbocycles. The van der Waals surface area contributed by atoms with Gasteiger partial charge >= 0.3 is 0 Å². The molecule has 0 amide bonds. The first-order chi connectivity index (χ1) is 9.61. The van der Waals surface area contributed by atoms with Crippen LogP contribution in [0.1, 0.15) is 56.7 Å². The quantitative estimate of drug-likeness (QED) is 0.814. The zero-order valence-corrected chi connectivity index (χ0v) is 13.6. The predicted octanol–water partition coefficient (Wildman–Crippen LogP) is 3.77. The van der Waals surface area contributed by atoms with Crippen molar-refractivity contribution in [3.05, 3.63) is 35.4 Å². The minimum Gasteiger partial charge on any atom is -0.308 e. The van der Waals surface area contributed by atoms with Gasteiger partial charge in [-0.3, -0.25) is 0 Å². The van der Waals surface area contributed by atoms with E-state index in [1.807, 2.05) is 0 Å². The van der Waals surface area contributed by atoms with Gasteiger partial charge in [0.1, 0.15) is 0 Å². The first-order valence-corrected chi connectivity index (χ1v) is 8.11. The first kappa shape index (κ1) is 15.5. The normalized spacial score (nSPS) is 18.9. The van der Waals surface area contributed by atoms with Crippen LogP contribution >= 0.6 is 0 Å². The van der Waals surface area contributed by atoms with Gasteiger partial charge < -0.3 is 10.2 Å². The summed E-state index contributed by atoms with van der Waals surface area (Å²) < 4.78 is 0. The van der Waals surface area contributed by atoms with Crippen molar-refractivity contribution in [3.8, 4) is 0 Å². The maximum atomic E-state index is 3.81. The SMILES string of the molecule is CCc1ccc(C(CC)NCC2(N(C)C)CCC2)cc1. The summed E-state index contributed by atoms with van der Waals surface area (Å²) in [5, 5.41) is 3.81. The van der Waals surface area contributed by atoms with Gasteiger partial charge in [0.15, 0.2) is 0 Å². The lowest BCUT2D eigenvalue weighted by Gasteiger charge is -2.48. The summed E-state index contributed by atoms with van der Waals surface area (Å²) in [4.78, 5) is 2.41. The average molecular weight is 274 g/mol. The van der Waals surface area contributed by atoms with E-state index in [0.29, 0.717) is 11.6 Å². The lowest BCUT2D eigenvalue weighted by atomic mass is 9.75. The second kappa shape index (κ2) is 6.73. The maximum Gasteiger partial charge on any atom is 0.0328 e. The van der Waals surface area contributed by atoms with E-state index in [2.05, 4.69) is 62.4 Å². The highest BCUT2D eigenvalue weighted by molar-refractivity contribution is 5.25. The number of hydrogen-bond donors (Lipinski definition) is 1. The van der Waals surface area contributed by atoms with Gasteiger partial charge in [-0.15, -0.1) is 0 Å². The molecule has 1 aliphatic rings. The van der Waals surface area contributed by atoms with Gasteiger partial charge in [-0.25, -0.2) is 0 Å². The van der Waals surface area contributed by atoms with Crippen LogP contribution in [0.5, 0.6) is 0 Å². The summed E-state index contributed by atoms with van der Waals surface area (Å²) in [5.41, 5.74) is 3.25. The van der Waals surface area contributed by atoms with Gasteiger partial charge in [0.2, 0.25) is 0 Å². The average Bonchev–Trinajstić information content (AvgIpc) is 2.42. The third-order valence-corrected chi connectivity index (χ3v) is 5.11. The summed E-state index contributed by atoms with van der Waals surface area (Å²) in [6.07, 6.45) is 6.31. The Morgan fingerprint density at radius 2 is 1.80 bits per heavy atom. The van der Waals surface area contributed by atoms with E-state index in [-0.39, 0.29) is 0 Å². The van der Waals surface area contributed by atoms with Gasteiger partial charge in [0.05, 0.1) is 0 Å². The molecule has 20 heavy (non-hydrogen) atoms. The summed E-state index contributed by atoms with van der Waals surface area (Å²) in [5.74, 6) is 0. The molecule has 2 rings (SSSR count). The van der Waals surface area contributed by atoms with E-state index < -0.39 is 0 Å². The van der Waals surface area contributed by atoms with Crippen molar-refractivity contribution in [2.24, 2.45) is 0 Å². The van der Waals surface area contributed by atoms with Crippen LogP contribution in [0.2, 0.25) is 0 Å². The third-order valence-electron chi connectivity index (χ3n) is 5.11. The first-order valence-electron chi connectivity index (χ1n) is 8.11. The van der Waals surface area contributed by atoms with E-state index >= 15 is 0 Å². The molecule has 0 radical (unpaired) electrons. The van der Waals surface area contributed by atoms with E-state index in [1.165, 1.54) is 30.4 Å². The standard InChI is InChI=1S/C18H30N2/c1-5-15-8-10-16(11-9-15)17(6-2)19-14-18(20(3)4)12-7-13-18/h8-11,17,19H,5-7,12-14H2,1-4H3. The fraction of sp³-hybridized carbons (Fsp3) is 0.667. The van der Waals surface area contributed by atoms with Crippen LogP contribution in [0.25, 0.3) is 0 Å². The molecule has 1 fully saturated rings. The van der Waals surface area contributed by atoms with Crippen molar-refractivity contribution < 1.29 is 0 Å². The Bertz CT molecular complexity index is 404. The monoisotopic (exact) mass is 274 g/mol. The molecular weight excluding hydrogens is 244 g/mol. The fourth-order valence-corrected chi connectivity index (χ4v) is 3.16. The molecule has 0 spiro atoms. The Labute approximate surface area is 124 Å². The van der Waals surface area contributed by atoms with Crippen LogP contribution in [-0.2, 0) is 6.42 Å². The Morgan fingerprint density at radius 3 is 2.20 bits per heavy atom. The molecule has 0 saturated heterocycles. The van der Waals surface area contributed by atoms with E-state index in [1.54, 1.807) is 0 Å². The second-order valence-corrected chi connectivity index (χ2v) is 6.41. The molecule has 1 aromatic carbocycles. The smallest absolute Gasteiger partial charge is 0.0328 e. The van der Waals surface area contributed by atoms with Crippen LogP contribution in [0, 0.1) is 0 Å². The van der Waals surface area contributed by atoms with Crippen molar-refractivity contribution in [3.63, 3.8) is 0 Å². The van der Waals surface area contributed by atoms with Gasteiger partial charge in [0, 0.05) is 18.1 Å².